The molecule has 0 unspecified atom stereocenters. The van der Waals surface area contributed by atoms with Crippen LogP contribution in [0.2, 0.25) is 0 Å². The molecule has 0 spiro atoms. The zero-order chi connectivity index (χ0) is 26.1. The van der Waals surface area contributed by atoms with Gasteiger partial charge < -0.3 is 10.4 Å². The maximum atomic E-state index is 9.00. The monoisotopic (exact) mass is 559 g/mol. The van der Waals surface area contributed by atoms with Gasteiger partial charge in [-0.25, -0.2) is 0 Å². The van der Waals surface area contributed by atoms with Crippen LogP contribution in [0.5, 0.6) is 0 Å². The van der Waals surface area contributed by atoms with Crippen LogP contribution in [0, 0.1) is 0 Å². The van der Waals surface area contributed by atoms with Crippen molar-refractivity contribution in [2.75, 3.05) is 0 Å². The first-order valence-electron chi connectivity index (χ1n) is 14.0. The van der Waals surface area contributed by atoms with E-state index in [0.717, 1.165) is 37.1 Å². The van der Waals surface area contributed by atoms with Crippen LogP contribution in [0.4, 0.5) is 0 Å². The van der Waals surface area contributed by atoms with Gasteiger partial charge in [0.2, 0.25) is 0 Å². The second kappa shape index (κ2) is 25.4. The van der Waals surface area contributed by atoms with Crippen molar-refractivity contribution in [2.24, 2.45) is 10.3 Å². The van der Waals surface area contributed by atoms with Crippen LogP contribution in [-0.2, 0) is 17.1 Å². The molecule has 2 aromatic rings. The van der Waals surface area contributed by atoms with E-state index < -0.39 is 0 Å². The smallest absolute Gasteiger partial charge is 0.105 e. The first-order valence-corrected chi connectivity index (χ1v) is 14.0. The zero-order valence-electron chi connectivity index (χ0n) is 22.9. The third kappa shape index (κ3) is 17.8. The minimum atomic E-state index is 0. The topological polar surface area (TPSA) is 91.0 Å². The summed E-state index contributed by atoms with van der Waals surface area (Å²) in [5, 5.41) is 24.7. The molecule has 2 aromatic heterocycles. The van der Waals surface area contributed by atoms with Gasteiger partial charge >= 0.3 is 0 Å². The van der Waals surface area contributed by atoms with Gasteiger partial charge in [0.25, 0.3) is 0 Å². The van der Waals surface area contributed by atoms with Gasteiger partial charge in [-0.05, 0) is 49.9 Å². The standard InChI is InChI=1S/2C15H24N2O.Cu/c2*1-2-3-4-5-6-7-8-12-15(17-18)14-11-9-10-13-16-14;/h2*9-11,13,18H,2-8,12H2,1H3;/b2*17-15-;. The van der Waals surface area contributed by atoms with Crippen LogP contribution in [0.3, 0.4) is 0 Å². The number of unbranched alkanes of at least 4 members (excludes halogenated alkanes) is 12. The summed E-state index contributed by atoms with van der Waals surface area (Å²) in [5.74, 6) is 0. The van der Waals surface area contributed by atoms with E-state index in [0.29, 0.717) is 11.4 Å². The maximum Gasteiger partial charge on any atom is 0.105 e. The summed E-state index contributed by atoms with van der Waals surface area (Å²) in [4.78, 5) is 8.40. The van der Waals surface area contributed by atoms with Crippen molar-refractivity contribution in [2.45, 2.75) is 117 Å². The fraction of sp³-hybridized carbons (Fsp3) is 0.600. The van der Waals surface area contributed by atoms with E-state index >= 15 is 0 Å². The molecule has 211 valence electrons. The van der Waals surface area contributed by atoms with Crippen LogP contribution in [0.1, 0.15) is 128 Å². The molecule has 0 atom stereocenters. The molecule has 0 saturated carbocycles. The second-order valence-corrected chi connectivity index (χ2v) is 9.27. The normalized spacial score (nSPS) is 11.4. The third-order valence-corrected chi connectivity index (χ3v) is 6.20. The van der Waals surface area contributed by atoms with E-state index in [-0.39, 0.29) is 17.1 Å². The van der Waals surface area contributed by atoms with E-state index in [2.05, 4.69) is 34.1 Å². The van der Waals surface area contributed by atoms with Gasteiger partial charge in [0, 0.05) is 29.5 Å². The number of pyridine rings is 2. The van der Waals surface area contributed by atoms with Crippen LogP contribution >= 0.6 is 0 Å². The molecule has 6 nitrogen and oxygen atoms in total. The van der Waals surface area contributed by atoms with E-state index in [4.69, 9.17) is 10.4 Å². The Labute approximate surface area is 235 Å². The summed E-state index contributed by atoms with van der Waals surface area (Å²) in [6, 6.07) is 11.3. The fourth-order valence-corrected chi connectivity index (χ4v) is 4.02. The van der Waals surface area contributed by atoms with Crippen LogP contribution in [0.25, 0.3) is 0 Å². The van der Waals surface area contributed by atoms with Gasteiger partial charge in [0.15, 0.2) is 0 Å². The molecule has 0 fully saturated rings. The van der Waals surface area contributed by atoms with Crippen LogP contribution < -0.4 is 0 Å². The van der Waals surface area contributed by atoms with Crippen molar-refractivity contribution in [1.82, 2.24) is 9.97 Å². The van der Waals surface area contributed by atoms with Crippen molar-refractivity contribution in [3.05, 3.63) is 60.2 Å². The van der Waals surface area contributed by atoms with Crippen molar-refractivity contribution >= 4 is 11.4 Å². The molecular formula is C30H48CuN4O2. The summed E-state index contributed by atoms with van der Waals surface area (Å²) >= 11 is 0. The van der Waals surface area contributed by atoms with Gasteiger partial charge in [-0.15, -0.1) is 0 Å². The predicted octanol–water partition coefficient (Wildman–Crippen LogP) is 8.80. The largest absolute Gasteiger partial charge is 0.411 e. The van der Waals surface area contributed by atoms with E-state index in [1.165, 1.54) is 77.0 Å². The minimum absolute atomic E-state index is 0. The Kier molecular flexibility index (Phi) is 23.9. The summed E-state index contributed by atoms with van der Waals surface area (Å²) in [7, 11) is 0. The van der Waals surface area contributed by atoms with Gasteiger partial charge in [0.1, 0.15) is 11.4 Å². The van der Waals surface area contributed by atoms with E-state index in [1.54, 1.807) is 12.4 Å². The number of oxime groups is 2. The molecule has 2 N–H and O–H groups in total. The molecule has 0 aliphatic carbocycles. The van der Waals surface area contributed by atoms with Gasteiger partial charge in [-0.3, -0.25) is 9.97 Å². The number of rotatable bonds is 18. The molecule has 0 aromatic carbocycles. The predicted molar refractivity (Wildman–Crippen MR) is 150 cm³/mol. The van der Waals surface area contributed by atoms with Gasteiger partial charge in [-0.1, -0.05) is 113 Å². The van der Waals surface area contributed by atoms with Gasteiger partial charge in [0.05, 0.1) is 11.4 Å². The van der Waals surface area contributed by atoms with Crippen molar-refractivity contribution in [3.8, 4) is 0 Å². The third-order valence-electron chi connectivity index (χ3n) is 6.20. The SMILES string of the molecule is CCCCCCCCC/C(=N/O)c1ccccn1.CCCCCCCCC/C(=N/O)c1ccccn1.[Cu]. The number of aromatic nitrogens is 2. The molecule has 0 bridgehead atoms. The molecule has 0 aliphatic rings. The van der Waals surface area contributed by atoms with E-state index in [1.807, 2.05) is 36.4 Å². The van der Waals surface area contributed by atoms with Gasteiger partial charge in [-0.2, -0.15) is 0 Å². The molecule has 0 amide bonds. The van der Waals surface area contributed by atoms with Crippen molar-refractivity contribution in [1.29, 1.82) is 0 Å². The minimum Gasteiger partial charge on any atom is -0.411 e. The number of hydrogen-bond acceptors (Lipinski definition) is 6. The number of nitrogens with zero attached hydrogens (tertiary/aromatic N) is 4. The average molecular weight is 560 g/mol. The quantitative estimate of drug-likeness (QED) is 0.0627. The molecule has 0 aliphatic heterocycles. The first kappa shape index (κ1) is 34.8. The fourth-order valence-electron chi connectivity index (χ4n) is 4.02. The average Bonchev–Trinajstić information content (AvgIpc) is 2.93. The summed E-state index contributed by atoms with van der Waals surface area (Å²) < 4.78 is 0. The zero-order valence-corrected chi connectivity index (χ0v) is 23.9. The first-order chi connectivity index (χ1) is 17.8. The Hall–Kier alpha value is -2.24. The maximum absolute atomic E-state index is 9.00. The molecule has 37 heavy (non-hydrogen) atoms. The van der Waals surface area contributed by atoms with Crippen LogP contribution in [-0.4, -0.2) is 31.8 Å². The molecule has 2 heterocycles. The molecule has 2 rings (SSSR count). The molecular weight excluding hydrogens is 512 g/mol. The number of hydrogen-bond donors (Lipinski definition) is 2. The Morgan fingerprint density at radius 2 is 0.919 bits per heavy atom. The van der Waals surface area contributed by atoms with Crippen molar-refractivity contribution in [3.63, 3.8) is 0 Å². The molecule has 0 saturated heterocycles. The summed E-state index contributed by atoms with van der Waals surface area (Å²) in [6.07, 6.45) is 22.8. The summed E-state index contributed by atoms with van der Waals surface area (Å²) in [6.45, 7) is 4.47. The Bertz CT molecular complexity index is 747. The van der Waals surface area contributed by atoms with E-state index in [9.17, 15) is 0 Å². The Balaban J connectivity index is 0.000000682. The van der Waals surface area contributed by atoms with Crippen LogP contribution in [0.15, 0.2) is 59.1 Å². The Morgan fingerprint density at radius 3 is 1.22 bits per heavy atom. The molecule has 7 heteroatoms. The summed E-state index contributed by atoms with van der Waals surface area (Å²) in [5.41, 5.74) is 2.96. The molecule has 1 radical (unpaired) electrons. The second-order valence-electron chi connectivity index (χ2n) is 9.27. The Morgan fingerprint density at radius 1 is 0.568 bits per heavy atom. The van der Waals surface area contributed by atoms with Crippen molar-refractivity contribution < 1.29 is 27.5 Å².